The van der Waals surface area contributed by atoms with Crippen molar-refractivity contribution in [3.05, 3.63) is 87.0 Å². The van der Waals surface area contributed by atoms with E-state index < -0.39 is 64.7 Å². The van der Waals surface area contributed by atoms with E-state index in [0.29, 0.717) is 13.0 Å². The predicted molar refractivity (Wildman–Crippen MR) is 246 cm³/mol. The molecule has 0 bridgehead atoms. The fourth-order valence-electron chi connectivity index (χ4n) is 8.96. The summed E-state index contributed by atoms with van der Waals surface area (Å²) < 4.78 is 69.6. The van der Waals surface area contributed by atoms with Crippen LogP contribution in [0, 0.1) is 33.1 Å². The average Bonchev–Trinajstić information content (AvgIpc) is 3.94. The van der Waals surface area contributed by atoms with Crippen LogP contribution in [-0.4, -0.2) is 112 Å². The zero-order chi connectivity index (χ0) is 48.8. The van der Waals surface area contributed by atoms with Crippen LogP contribution in [-0.2, 0) is 14.3 Å². The number of thiophene rings is 1. The third-order valence-corrected chi connectivity index (χ3v) is 13.4. The average molecular weight is 977 g/mol. The Hall–Kier alpha value is -6.76. The molecule has 1 N–H and O–H groups in total. The van der Waals surface area contributed by atoms with Gasteiger partial charge in [-0.2, -0.15) is 15.2 Å². The van der Waals surface area contributed by atoms with Gasteiger partial charge in [0, 0.05) is 72.7 Å². The number of nitriles is 1. The first kappa shape index (κ1) is 47.7. The van der Waals surface area contributed by atoms with Gasteiger partial charge in [-0.1, -0.05) is 24.2 Å². The minimum Gasteiger partial charge on any atom is -0.461 e. The maximum Gasteiger partial charge on any atom is 0.514 e. The fraction of sp³-hybridized carbons (Fsp3) is 0.391. The van der Waals surface area contributed by atoms with Gasteiger partial charge in [-0.15, -0.1) is 11.3 Å². The molecule has 3 aliphatic heterocycles. The summed E-state index contributed by atoms with van der Waals surface area (Å²) in [4.78, 5) is 63.8. The third-order valence-electron chi connectivity index (χ3n) is 12.0. The molecule has 0 radical (unpaired) electrons. The number of anilines is 2. The molecule has 22 heteroatoms. The summed E-state index contributed by atoms with van der Waals surface area (Å²) in [5.74, 6) is -1.98. The van der Waals surface area contributed by atoms with Crippen molar-refractivity contribution in [2.75, 3.05) is 56.2 Å². The molecule has 0 spiro atoms. The highest BCUT2D eigenvalue weighted by Gasteiger charge is 2.49. The van der Waals surface area contributed by atoms with Gasteiger partial charge in [0.05, 0.1) is 25.7 Å². The number of aromatic nitrogens is 2. The number of fused-ring (bicyclic) bond motifs is 3. The number of benzene rings is 3. The van der Waals surface area contributed by atoms with E-state index >= 15 is 8.78 Å². The second-order valence-corrected chi connectivity index (χ2v) is 19.2. The van der Waals surface area contributed by atoms with Crippen molar-refractivity contribution in [2.24, 2.45) is 0 Å². The molecule has 8 rings (SSSR count). The van der Waals surface area contributed by atoms with Gasteiger partial charge in [0.15, 0.2) is 5.82 Å². The zero-order valence-electron chi connectivity index (χ0n) is 37.2. The molecule has 2 amide bonds. The highest BCUT2D eigenvalue weighted by Crippen LogP contribution is 2.47. The molecular weight excluding hydrogens is 933 g/mol. The number of hydrogen-bond donors (Lipinski definition) is 1. The van der Waals surface area contributed by atoms with Crippen LogP contribution in [0.5, 0.6) is 11.8 Å². The van der Waals surface area contributed by atoms with E-state index in [1.807, 2.05) is 17.9 Å². The number of alkyl halides is 1. The van der Waals surface area contributed by atoms with Crippen LogP contribution in [0.2, 0.25) is 5.02 Å². The summed E-state index contributed by atoms with van der Waals surface area (Å²) in [6.07, 6.45) is -1.31. The first-order valence-electron chi connectivity index (χ1n) is 21.5. The minimum absolute atomic E-state index is 0.000298. The van der Waals surface area contributed by atoms with E-state index in [0.717, 1.165) is 36.0 Å². The standard InChI is InChI=1S/C46H44ClF3N8O9S/c1-24(22-64-44(61)66-28-9-7-27(8-10-28)58(62)63)41(59)55-15-16-57(25(2)20-55)39-30-17-32(47)35(36(50)37(30)52-42(53-39)65-23-46-13-6-14-56(46)21-26(48)18-46)29-11-12-33(49)38-34(29)31(19-51)40(68-38)54-43(60)67-45(3,4)5/h7-12,17,25-26H,1,6,13-16,18,20-23H2,2-5H3,(H,54,60)/t25-,26+,46-/m0/s1. The Morgan fingerprint density at radius 3 is 2.56 bits per heavy atom. The van der Waals surface area contributed by atoms with Crippen molar-refractivity contribution in [3.63, 3.8) is 0 Å². The number of amides is 2. The number of halogens is 4. The zero-order valence-corrected chi connectivity index (χ0v) is 38.8. The molecule has 0 aliphatic carbocycles. The summed E-state index contributed by atoms with van der Waals surface area (Å²) in [7, 11) is 0. The van der Waals surface area contributed by atoms with Gasteiger partial charge in [-0.25, -0.2) is 22.8 Å². The second-order valence-electron chi connectivity index (χ2n) is 17.8. The van der Waals surface area contributed by atoms with E-state index in [1.165, 1.54) is 29.2 Å². The number of rotatable bonds is 11. The molecule has 3 aromatic carbocycles. The number of nitro groups is 1. The van der Waals surface area contributed by atoms with Gasteiger partial charge < -0.3 is 28.7 Å². The van der Waals surface area contributed by atoms with Gasteiger partial charge in [-0.05, 0) is 76.9 Å². The van der Waals surface area contributed by atoms with Crippen molar-refractivity contribution in [1.29, 1.82) is 5.26 Å². The number of ether oxygens (including phenoxy) is 4. The van der Waals surface area contributed by atoms with E-state index in [2.05, 4.69) is 21.8 Å². The Morgan fingerprint density at radius 2 is 1.87 bits per heavy atom. The van der Waals surface area contributed by atoms with Crippen molar-refractivity contribution >= 4 is 78.6 Å². The maximum atomic E-state index is 17.6. The molecule has 17 nitrogen and oxygen atoms in total. The van der Waals surface area contributed by atoms with Crippen LogP contribution in [0.25, 0.3) is 32.1 Å². The van der Waals surface area contributed by atoms with Gasteiger partial charge in [-0.3, -0.25) is 25.1 Å². The lowest BCUT2D eigenvalue weighted by Crippen LogP contribution is -2.54. The van der Waals surface area contributed by atoms with Gasteiger partial charge >= 0.3 is 18.3 Å². The van der Waals surface area contributed by atoms with Crippen LogP contribution in [0.15, 0.2) is 54.6 Å². The number of piperazine rings is 1. The van der Waals surface area contributed by atoms with Crippen molar-refractivity contribution in [2.45, 2.75) is 70.3 Å². The van der Waals surface area contributed by atoms with Gasteiger partial charge in [0.2, 0.25) is 0 Å². The SMILES string of the molecule is C=C(COC(=O)Oc1ccc([N+](=O)[O-])cc1)C(=O)N1CCN(c2nc(OC[C@@]34CCCN3C[C@H](F)C4)nc3c(F)c(-c4ccc(F)c5sc(NC(=O)OC(C)(C)C)c(C#N)c45)c(Cl)cc23)[C@@H](C)C1. The van der Waals surface area contributed by atoms with E-state index in [1.54, 1.807) is 20.8 Å². The summed E-state index contributed by atoms with van der Waals surface area (Å²) in [5.41, 5.74) is -2.29. The molecule has 5 aromatic rings. The van der Waals surface area contributed by atoms with E-state index in [4.69, 9.17) is 35.5 Å². The van der Waals surface area contributed by atoms with E-state index in [9.17, 15) is 34.2 Å². The molecule has 5 heterocycles. The molecule has 3 fully saturated rings. The van der Waals surface area contributed by atoms with Crippen molar-refractivity contribution < 1.29 is 51.4 Å². The Bertz CT molecular complexity index is 2930. The quantitative estimate of drug-likeness (QED) is 0.0431. The molecule has 3 saturated heterocycles. The number of hydrogen-bond acceptors (Lipinski definition) is 15. The smallest absolute Gasteiger partial charge is 0.461 e. The number of nitrogens with zero attached hydrogens (tertiary/aromatic N) is 7. The Morgan fingerprint density at radius 1 is 1.12 bits per heavy atom. The van der Waals surface area contributed by atoms with Crippen LogP contribution in [0.1, 0.15) is 52.5 Å². The lowest BCUT2D eigenvalue weighted by atomic mass is 9.95. The Labute approximate surface area is 396 Å². The molecule has 3 aliphatic rings. The highest BCUT2D eigenvalue weighted by molar-refractivity contribution is 7.23. The first-order valence-corrected chi connectivity index (χ1v) is 22.6. The van der Waals surface area contributed by atoms with E-state index in [-0.39, 0.29) is 116 Å². The molecule has 68 heavy (non-hydrogen) atoms. The number of nitro benzene ring substituents is 1. The minimum atomic E-state index is -1.16. The van der Waals surface area contributed by atoms with Crippen molar-refractivity contribution in [1.82, 2.24) is 19.8 Å². The molecule has 3 atom stereocenters. The summed E-state index contributed by atoms with van der Waals surface area (Å²) in [6.45, 7) is 11.4. The molecule has 2 aromatic heterocycles. The maximum absolute atomic E-state index is 17.6. The third kappa shape index (κ3) is 9.53. The molecular formula is C46H44ClF3N8O9S. The Kier molecular flexibility index (Phi) is 13.1. The number of carbonyl (C=O) groups is 3. The summed E-state index contributed by atoms with van der Waals surface area (Å²) >= 11 is 7.76. The lowest BCUT2D eigenvalue weighted by Gasteiger charge is -2.41. The highest BCUT2D eigenvalue weighted by atomic mass is 35.5. The first-order chi connectivity index (χ1) is 32.2. The lowest BCUT2D eigenvalue weighted by molar-refractivity contribution is -0.384. The largest absolute Gasteiger partial charge is 0.514 e. The van der Waals surface area contributed by atoms with Gasteiger partial charge in [0.1, 0.15) is 59.0 Å². The molecule has 0 saturated carbocycles. The fourth-order valence-corrected chi connectivity index (χ4v) is 10.3. The summed E-state index contributed by atoms with van der Waals surface area (Å²) in [6, 6.07) is 9.94. The number of carbonyl (C=O) groups excluding carboxylic acids is 3. The molecule has 0 unspecified atom stereocenters. The van der Waals surface area contributed by atoms with Crippen LogP contribution < -0.4 is 19.7 Å². The topological polar surface area (TPSA) is 203 Å². The second kappa shape index (κ2) is 18.7. The van der Waals surface area contributed by atoms with Crippen LogP contribution >= 0.6 is 22.9 Å². The monoisotopic (exact) mass is 976 g/mol. The number of non-ortho nitro benzene ring substituents is 1. The molecule has 356 valence electrons. The normalized spacial score (nSPS) is 19.4. The van der Waals surface area contributed by atoms with Gasteiger partial charge in [0.25, 0.3) is 11.6 Å². The number of nitrogens with one attached hydrogen (secondary N) is 1. The van der Waals surface area contributed by atoms with Crippen molar-refractivity contribution in [3.8, 4) is 29.0 Å². The van der Waals surface area contributed by atoms with Crippen LogP contribution in [0.3, 0.4) is 0 Å². The Balaban J connectivity index is 1.10. The predicted octanol–water partition coefficient (Wildman–Crippen LogP) is 9.33. The summed E-state index contributed by atoms with van der Waals surface area (Å²) in [5, 5.41) is 23.8. The van der Waals surface area contributed by atoms with Crippen LogP contribution in [0.4, 0.5) is 39.3 Å².